The smallest absolute Gasteiger partial charge is 0.197 e. The lowest BCUT2D eigenvalue weighted by Crippen LogP contribution is -2.26. The van der Waals surface area contributed by atoms with Gasteiger partial charge >= 0.3 is 0 Å². The molecule has 0 saturated heterocycles. The van der Waals surface area contributed by atoms with E-state index in [1.807, 2.05) is 91.0 Å². The first kappa shape index (κ1) is 15.3. The Kier molecular flexibility index (Phi) is 5.40. The second-order valence-electron chi connectivity index (χ2n) is 5.11. The lowest BCUT2D eigenvalue weighted by atomic mass is 10.2. The average molecular weight is 305 g/mol. The Morgan fingerprint density at radius 3 is 1.91 bits per heavy atom. The molecule has 0 bridgehead atoms. The van der Waals surface area contributed by atoms with Crippen molar-refractivity contribution in [3.05, 3.63) is 102 Å². The van der Waals surface area contributed by atoms with Crippen LogP contribution in [0.5, 0.6) is 5.75 Å². The number of hydrogen-bond donors (Lipinski definition) is 1. The maximum absolute atomic E-state index is 6.00. The number of ether oxygens (including phenoxy) is 1. The van der Waals surface area contributed by atoms with E-state index in [1.54, 1.807) is 0 Å². The minimum atomic E-state index is -0.373. The standard InChI is InChI=1S/C20H19NO2/c1-4-10-17(11-5-1)16-22-21-20(18-12-6-2-7-13-18)23-19-14-8-3-9-15-19/h1-15,20-21H,16H2. The fourth-order valence-electron chi connectivity index (χ4n) is 2.20. The summed E-state index contributed by atoms with van der Waals surface area (Å²) in [4.78, 5) is 5.63. The summed E-state index contributed by atoms with van der Waals surface area (Å²) in [5.41, 5.74) is 5.12. The quantitative estimate of drug-likeness (QED) is 0.515. The first-order valence-corrected chi connectivity index (χ1v) is 7.60. The van der Waals surface area contributed by atoms with Gasteiger partial charge in [-0.25, -0.2) is 0 Å². The molecule has 0 radical (unpaired) electrons. The molecule has 3 heteroatoms. The maximum atomic E-state index is 6.00. The van der Waals surface area contributed by atoms with Crippen LogP contribution in [-0.2, 0) is 11.4 Å². The van der Waals surface area contributed by atoms with Gasteiger partial charge in [-0.3, -0.25) is 4.84 Å². The Morgan fingerprint density at radius 2 is 1.26 bits per heavy atom. The molecule has 0 saturated carbocycles. The third kappa shape index (κ3) is 4.68. The Hall–Kier alpha value is -2.62. The van der Waals surface area contributed by atoms with Crippen LogP contribution in [0, 0.1) is 0 Å². The molecule has 0 spiro atoms. The van der Waals surface area contributed by atoms with Gasteiger partial charge in [-0.05, 0) is 17.7 Å². The lowest BCUT2D eigenvalue weighted by molar-refractivity contribution is -0.0561. The molecule has 3 nitrogen and oxygen atoms in total. The molecule has 1 unspecified atom stereocenters. The molecule has 1 atom stereocenters. The van der Waals surface area contributed by atoms with Crippen molar-refractivity contribution in [3.63, 3.8) is 0 Å². The van der Waals surface area contributed by atoms with Gasteiger partial charge in [-0.2, -0.15) is 5.48 Å². The number of hydroxylamine groups is 1. The third-order valence-corrected chi connectivity index (χ3v) is 3.37. The molecule has 0 amide bonds. The molecule has 23 heavy (non-hydrogen) atoms. The number of nitrogens with one attached hydrogen (secondary N) is 1. The summed E-state index contributed by atoms with van der Waals surface area (Å²) in [6.07, 6.45) is -0.373. The van der Waals surface area contributed by atoms with Gasteiger partial charge < -0.3 is 4.74 Å². The highest BCUT2D eigenvalue weighted by molar-refractivity contribution is 5.24. The summed E-state index contributed by atoms with van der Waals surface area (Å²) in [6.45, 7) is 0.475. The van der Waals surface area contributed by atoms with E-state index in [9.17, 15) is 0 Å². The van der Waals surface area contributed by atoms with Crippen LogP contribution in [0.1, 0.15) is 17.4 Å². The minimum Gasteiger partial charge on any atom is -0.469 e. The Bertz CT molecular complexity index is 687. The van der Waals surface area contributed by atoms with Gasteiger partial charge in [0.2, 0.25) is 0 Å². The minimum absolute atomic E-state index is 0.373. The van der Waals surface area contributed by atoms with Crippen LogP contribution in [0.15, 0.2) is 91.0 Å². The predicted molar refractivity (Wildman–Crippen MR) is 90.6 cm³/mol. The maximum Gasteiger partial charge on any atom is 0.197 e. The van der Waals surface area contributed by atoms with Gasteiger partial charge in [0.15, 0.2) is 6.23 Å². The summed E-state index contributed by atoms with van der Waals surface area (Å²) in [6, 6.07) is 29.7. The highest BCUT2D eigenvalue weighted by Crippen LogP contribution is 2.19. The molecule has 3 aromatic carbocycles. The van der Waals surface area contributed by atoms with Crippen molar-refractivity contribution >= 4 is 0 Å². The van der Waals surface area contributed by atoms with Crippen LogP contribution < -0.4 is 10.2 Å². The second-order valence-corrected chi connectivity index (χ2v) is 5.11. The zero-order valence-corrected chi connectivity index (χ0v) is 12.8. The molecular formula is C20H19NO2. The van der Waals surface area contributed by atoms with Gasteiger partial charge in [-0.1, -0.05) is 78.9 Å². The van der Waals surface area contributed by atoms with Gasteiger partial charge in [0, 0.05) is 5.56 Å². The summed E-state index contributed by atoms with van der Waals surface area (Å²) in [5.74, 6) is 0.789. The average Bonchev–Trinajstić information content (AvgIpc) is 2.63. The number of benzene rings is 3. The molecule has 0 heterocycles. The van der Waals surface area contributed by atoms with Crippen molar-refractivity contribution < 1.29 is 9.57 Å². The zero-order valence-electron chi connectivity index (χ0n) is 12.8. The lowest BCUT2D eigenvalue weighted by Gasteiger charge is -2.20. The molecule has 3 rings (SSSR count). The summed E-state index contributed by atoms with van der Waals surface area (Å²) < 4.78 is 6.00. The third-order valence-electron chi connectivity index (χ3n) is 3.37. The van der Waals surface area contributed by atoms with Crippen molar-refractivity contribution in [2.24, 2.45) is 0 Å². The summed E-state index contributed by atoms with van der Waals surface area (Å²) in [7, 11) is 0. The second kappa shape index (κ2) is 8.13. The number of rotatable bonds is 7. The van der Waals surface area contributed by atoms with Crippen molar-refractivity contribution in [3.8, 4) is 5.75 Å². The molecule has 116 valence electrons. The van der Waals surface area contributed by atoms with E-state index >= 15 is 0 Å². The van der Waals surface area contributed by atoms with Gasteiger partial charge in [-0.15, -0.1) is 0 Å². The Morgan fingerprint density at radius 1 is 0.696 bits per heavy atom. The SMILES string of the molecule is c1ccc(CONC(Oc2ccccc2)c2ccccc2)cc1. The van der Waals surface area contributed by atoms with Crippen LogP contribution in [0.25, 0.3) is 0 Å². The van der Waals surface area contributed by atoms with Gasteiger partial charge in [0.1, 0.15) is 5.75 Å². The topological polar surface area (TPSA) is 30.5 Å². The number of hydrogen-bond acceptors (Lipinski definition) is 3. The van der Waals surface area contributed by atoms with Crippen molar-refractivity contribution in [2.75, 3.05) is 0 Å². The van der Waals surface area contributed by atoms with E-state index in [0.717, 1.165) is 16.9 Å². The molecule has 0 aliphatic carbocycles. The predicted octanol–water partition coefficient (Wildman–Crippen LogP) is 4.49. The molecule has 0 aliphatic rings. The summed E-state index contributed by atoms with van der Waals surface area (Å²) >= 11 is 0. The molecule has 1 N–H and O–H groups in total. The first-order valence-electron chi connectivity index (χ1n) is 7.60. The monoisotopic (exact) mass is 305 g/mol. The molecular weight excluding hydrogens is 286 g/mol. The van der Waals surface area contributed by atoms with E-state index in [2.05, 4.69) is 5.48 Å². The fraction of sp³-hybridized carbons (Fsp3) is 0.100. The molecule has 0 fully saturated rings. The van der Waals surface area contributed by atoms with Crippen molar-refractivity contribution in [1.29, 1.82) is 0 Å². The highest BCUT2D eigenvalue weighted by Gasteiger charge is 2.12. The van der Waals surface area contributed by atoms with E-state index in [4.69, 9.17) is 9.57 Å². The van der Waals surface area contributed by atoms with Crippen molar-refractivity contribution in [1.82, 2.24) is 5.48 Å². The Labute approximate surface area is 136 Å². The van der Waals surface area contributed by atoms with Crippen LogP contribution in [0.2, 0.25) is 0 Å². The Balaban J connectivity index is 1.65. The molecule has 3 aromatic rings. The fourth-order valence-corrected chi connectivity index (χ4v) is 2.20. The normalized spacial score (nSPS) is 11.8. The van der Waals surface area contributed by atoms with Crippen LogP contribution in [-0.4, -0.2) is 0 Å². The number of para-hydroxylation sites is 1. The van der Waals surface area contributed by atoms with E-state index < -0.39 is 0 Å². The van der Waals surface area contributed by atoms with Gasteiger partial charge in [0.25, 0.3) is 0 Å². The summed E-state index contributed by atoms with van der Waals surface area (Å²) in [5, 5.41) is 0. The largest absolute Gasteiger partial charge is 0.469 e. The van der Waals surface area contributed by atoms with Gasteiger partial charge in [0.05, 0.1) is 6.61 Å². The molecule has 0 aromatic heterocycles. The highest BCUT2D eigenvalue weighted by atomic mass is 16.7. The van der Waals surface area contributed by atoms with Crippen LogP contribution in [0.3, 0.4) is 0 Å². The molecule has 0 aliphatic heterocycles. The zero-order chi connectivity index (χ0) is 15.7. The van der Waals surface area contributed by atoms with E-state index in [-0.39, 0.29) is 6.23 Å². The van der Waals surface area contributed by atoms with E-state index in [0.29, 0.717) is 6.61 Å². The van der Waals surface area contributed by atoms with Crippen LogP contribution in [0.4, 0.5) is 0 Å². The van der Waals surface area contributed by atoms with Crippen molar-refractivity contribution in [2.45, 2.75) is 12.8 Å². The van der Waals surface area contributed by atoms with E-state index in [1.165, 1.54) is 0 Å². The van der Waals surface area contributed by atoms with Crippen LogP contribution >= 0.6 is 0 Å². The first-order chi connectivity index (χ1) is 11.4.